The van der Waals surface area contributed by atoms with Crippen molar-refractivity contribution in [2.45, 2.75) is 36.8 Å². The summed E-state index contributed by atoms with van der Waals surface area (Å²) >= 11 is 0. The van der Waals surface area contributed by atoms with Crippen LogP contribution in [0.1, 0.15) is 25.7 Å². The molecule has 10 nitrogen and oxygen atoms in total. The number of hydrogen-bond acceptors (Lipinski definition) is 6. The Bertz CT molecular complexity index is 367. The van der Waals surface area contributed by atoms with Crippen LogP contribution in [0, 0.1) is 0 Å². The molecule has 21 heavy (non-hydrogen) atoms. The van der Waals surface area contributed by atoms with Gasteiger partial charge in [-0.25, -0.2) is 0 Å². The summed E-state index contributed by atoms with van der Waals surface area (Å²) in [5, 5.41) is 35.1. The van der Waals surface area contributed by atoms with Gasteiger partial charge in [0.2, 0.25) is 0 Å². The van der Waals surface area contributed by atoms with Crippen molar-refractivity contribution < 1.29 is 56.7 Å². The van der Waals surface area contributed by atoms with E-state index < -0.39 is 60.6 Å². The van der Waals surface area contributed by atoms with Gasteiger partial charge in [-0.3, -0.25) is 19.2 Å². The van der Waals surface area contributed by atoms with Crippen LogP contribution in [0.5, 0.6) is 0 Å². The Hall–Kier alpha value is -1.68. The fourth-order valence-electron chi connectivity index (χ4n) is 1.91. The molecule has 0 atom stereocenters. The maximum atomic E-state index is 10.8. The molecule has 0 rings (SSSR count). The van der Waals surface area contributed by atoms with E-state index in [2.05, 4.69) is 0 Å². The molecule has 1 radical (unpaired) electrons. The Balaban J connectivity index is 0. The van der Waals surface area contributed by atoms with Gasteiger partial charge in [0, 0.05) is 0 Å². The topological polar surface area (TPSA) is 201 Å². The van der Waals surface area contributed by atoms with Gasteiger partial charge in [0.25, 0.3) is 0 Å². The molecule has 0 aliphatic carbocycles. The maximum absolute atomic E-state index is 10.8. The standard InChI is InChI=1S/C10H16N2O8.Mn/c11-9(1-5(13)14,2-6(15)16)10(12,3-7(17)18)4-8(19)20;/h1-4,11-12H2,(H,13,14)(H,15,16)(H,17,18)(H,19,20);/q;+2. The first-order chi connectivity index (χ1) is 8.92. The Morgan fingerprint density at radius 2 is 0.762 bits per heavy atom. The summed E-state index contributed by atoms with van der Waals surface area (Å²) < 4.78 is 0. The SMILES string of the molecule is NC(CC(=O)O)(CC(=O)O)C(N)(CC(=O)O)CC(=O)O.[Mn+2]. The summed E-state index contributed by atoms with van der Waals surface area (Å²) in [7, 11) is 0. The normalized spacial score (nSPS) is 11.3. The Labute approximate surface area is 129 Å². The van der Waals surface area contributed by atoms with Crippen LogP contribution in [0.3, 0.4) is 0 Å². The molecule has 8 N–H and O–H groups in total. The van der Waals surface area contributed by atoms with E-state index in [0.29, 0.717) is 0 Å². The molecule has 0 aromatic carbocycles. The Morgan fingerprint density at radius 3 is 0.857 bits per heavy atom. The third-order valence-electron chi connectivity index (χ3n) is 2.86. The second-order valence-electron chi connectivity index (χ2n) is 4.59. The molecular formula is C10H16MnN2O8+2. The Morgan fingerprint density at radius 1 is 0.619 bits per heavy atom. The van der Waals surface area contributed by atoms with Crippen LogP contribution in [0.4, 0.5) is 0 Å². The molecule has 0 heterocycles. The van der Waals surface area contributed by atoms with Gasteiger partial charge >= 0.3 is 40.9 Å². The van der Waals surface area contributed by atoms with E-state index in [1.54, 1.807) is 0 Å². The van der Waals surface area contributed by atoms with Crippen molar-refractivity contribution in [3.63, 3.8) is 0 Å². The molecule has 0 spiro atoms. The second kappa shape index (κ2) is 7.93. The third kappa shape index (κ3) is 6.54. The molecule has 119 valence electrons. The van der Waals surface area contributed by atoms with Gasteiger partial charge in [0.15, 0.2) is 0 Å². The quantitative estimate of drug-likeness (QED) is 0.260. The van der Waals surface area contributed by atoms with E-state index >= 15 is 0 Å². The summed E-state index contributed by atoms with van der Waals surface area (Å²) in [6.07, 6.45) is -3.90. The van der Waals surface area contributed by atoms with Crippen LogP contribution in [0.15, 0.2) is 0 Å². The zero-order valence-corrected chi connectivity index (χ0v) is 12.0. The zero-order valence-electron chi connectivity index (χ0n) is 10.8. The number of carbonyl (C=O) groups is 4. The van der Waals surface area contributed by atoms with E-state index in [1.165, 1.54) is 0 Å². The third-order valence-corrected chi connectivity index (χ3v) is 2.86. The van der Waals surface area contributed by atoms with E-state index in [9.17, 15) is 19.2 Å². The predicted octanol–water partition coefficient (Wildman–Crippen LogP) is -1.72. The van der Waals surface area contributed by atoms with Crippen LogP contribution in [-0.4, -0.2) is 55.4 Å². The van der Waals surface area contributed by atoms with Crippen LogP contribution in [0.2, 0.25) is 0 Å². The van der Waals surface area contributed by atoms with E-state index in [-0.39, 0.29) is 17.1 Å². The molecule has 0 amide bonds. The number of carboxylic acid groups (broad SMARTS) is 4. The van der Waals surface area contributed by atoms with Gasteiger partial charge in [-0.2, -0.15) is 0 Å². The number of carboxylic acids is 4. The first kappa shape index (κ1) is 21.6. The molecule has 0 aliphatic heterocycles. The largest absolute Gasteiger partial charge is 2.00 e. The molecule has 11 heteroatoms. The number of rotatable bonds is 9. The van der Waals surface area contributed by atoms with E-state index in [0.717, 1.165) is 0 Å². The molecule has 0 aromatic rings. The van der Waals surface area contributed by atoms with Gasteiger partial charge in [0.05, 0.1) is 36.8 Å². The molecule has 0 saturated carbocycles. The van der Waals surface area contributed by atoms with Gasteiger partial charge < -0.3 is 31.9 Å². The van der Waals surface area contributed by atoms with Crippen LogP contribution < -0.4 is 11.5 Å². The number of nitrogens with two attached hydrogens (primary N) is 2. The first-order valence-electron chi connectivity index (χ1n) is 5.37. The summed E-state index contributed by atoms with van der Waals surface area (Å²) in [5.74, 6) is -6.06. The van der Waals surface area contributed by atoms with Crippen molar-refractivity contribution in [1.82, 2.24) is 0 Å². The first-order valence-corrected chi connectivity index (χ1v) is 5.37. The molecule has 0 bridgehead atoms. The maximum Gasteiger partial charge on any atom is 2.00 e. The predicted molar refractivity (Wildman–Crippen MR) is 62.8 cm³/mol. The van der Waals surface area contributed by atoms with Gasteiger partial charge in [-0.05, 0) is 0 Å². The zero-order chi connectivity index (χ0) is 16.1. The molecular weight excluding hydrogens is 331 g/mol. The fraction of sp³-hybridized carbons (Fsp3) is 0.600. The van der Waals surface area contributed by atoms with Crippen LogP contribution in [-0.2, 0) is 36.2 Å². The minimum atomic E-state index is -2.22. The second-order valence-corrected chi connectivity index (χ2v) is 4.59. The molecule has 0 aliphatic rings. The average molecular weight is 347 g/mol. The van der Waals surface area contributed by atoms with Crippen molar-refractivity contribution in [2.24, 2.45) is 11.5 Å². The smallest absolute Gasteiger partial charge is 0.481 e. The van der Waals surface area contributed by atoms with Gasteiger partial charge in [-0.1, -0.05) is 0 Å². The van der Waals surface area contributed by atoms with E-state index in [1.807, 2.05) is 0 Å². The van der Waals surface area contributed by atoms with Crippen molar-refractivity contribution in [1.29, 1.82) is 0 Å². The molecule has 0 unspecified atom stereocenters. The van der Waals surface area contributed by atoms with Crippen LogP contribution >= 0.6 is 0 Å². The van der Waals surface area contributed by atoms with Crippen molar-refractivity contribution in [3.05, 3.63) is 0 Å². The summed E-state index contributed by atoms with van der Waals surface area (Å²) in [6, 6.07) is 0. The Kier molecular flexibility index (Phi) is 8.17. The van der Waals surface area contributed by atoms with Gasteiger partial charge in [0.1, 0.15) is 0 Å². The number of hydrogen-bond donors (Lipinski definition) is 6. The number of aliphatic carboxylic acids is 4. The van der Waals surface area contributed by atoms with Crippen LogP contribution in [0.25, 0.3) is 0 Å². The monoisotopic (exact) mass is 347 g/mol. The summed E-state index contributed by atoms with van der Waals surface area (Å²) in [6.45, 7) is 0. The van der Waals surface area contributed by atoms with Crippen molar-refractivity contribution >= 4 is 23.9 Å². The van der Waals surface area contributed by atoms with E-state index in [4.69, 9.17) is 31.9 Å². The van der Waals surface area contributed by atoms with Gasteiger partial charge in [-0.15, -0.1) is 0 Å². The molecule has 0 fully saturated rings. The average Bonchev–Trinajstić information content (AvgIpc) is 2.10. The van der Waals surface area contributed by atoms with Crippen molar-refractivity contribution in [3.8, 4) is 0 Å². The molecule has 0 saturated heterocycles. The fourth-order valence-corrected chi connectivity index (χ4v) is 1.91. The molecule has 0 aromatic heterocycles. The minimum absolute atomic E-state index is 0. The van der Waals surface area contributed by atoms with Crippen molar-refractivity contribution in [2.75, 3.05) is 0 Å². The summed E-state index contributed by atoms with van der Waals surface area (Å²) in [4.78, 5) is 43.2. The minimum Gasteiger partial charge on any atom is -0.481 e. The summed E-state index contributed by atoms with van der Waals surface area (Å²) in [5.41, 5.74) is 6.88.